The van der Waals surface area contributed by atoms with Crippen molar-refractivity contribution >= 4 is 39.7 Å². The van der Waals surface area contributed by atoms with E-state index in [0.29, 0.717) is 26.8 Å². The van der Waals surface area contributed by atoms with E-state index in [4.69, 9.17) is 15.4 Å². The average Bonchev–Trinajstić information content (AvgIpc) is 3.48. The number of hydrogen-bond acceptors (Lipinski definition) is 7. The maximum atomic E-state index is 12.7. The molecule has 0 bridgehead atoms. The molecule has 1 aromatic carbocycles. The smallest absolute Gasteiger partial charge is 0.291 e. The summed E-state index contributed by atoms with van der Waals surface area (Å²) < 4.78 is 6.57. The van der Waals surface area contributed by atoms with Crippen LogP contribution in [0, 0.1) is 18.3 Å². The lowest BCUT2D eigenvalue weighted by molar-refractivity contribution is 0.0995. The molecule has 4 N–H and O–H groups in total. The first kappa shape index (κ1) is 19.9. The van der Waals surface area contributed by atoms with Crippen molar-refractivity contribution in [3.8, 4) is 11.8 Å². The zero-order valence-corrected chi connectivity index (χ0v) is 17.1. The van der Waals surface area contributed by atoms with Crippen LogP contribution in [0.15, 0.2) is 59.3 Å². The third kappa shape index (κ3) is 4.17. The molecule has 0 aliphatic rings. The fraction of sp³-hybridized carbons (Fsp3) is 0.0476. The summed E-state index contributed by atoms with van der Waals surface area (Å²) >= 11 is 1.18. The van der Waals surface area contributed by atoms with Gasteiger partial charge in [-0.3, -0.25) is 9.59 Å². The average molecular weight is 432 g/mol. The molecular weight excluding hydrogens is 416 g/mol. The SMILES string of the molecule is Cc1cc(NC(=O)c2ccco2)sc1C(=O)Nc1ccc(-n2cc(C#N)c(N)n2)cc1. The highest BCUT2D eigenvalue weighted by Gasteiger charge is 2.17. The van der Waals surface area contributed by atoms with Crippen LogP contribution < -0.4 is 16.4 Å². The molecule has 0 atom stereocenters. The van der Waals surface area contributed by atoms with Gasteiger partial charge < -0.3 is 20.8 Å². The van der Waals surface area contributed by atoms with E-state index in [0.717, 1.165) is 5.56 Å². The minimum absolute atomic E-state index is 0.156. The van der Waals surface area contributed by atoms with Crippen molar-refractivity contribution in [2.24, 2.45) is 0 Å². The second-order valence-corrected chi connectivity index (χ2v) is 7.59. The number of nitrogens with zero attached hydrogens (tertiary/aromatic N) is 3. The predicted octanol–water partition coefficient (Wildman–Crippen LogP) is 3.79. The lowest BCUT2D eigenvalue weighted by Gasteiger charge is -2.06. The van der Waals surface area contributed by atoms with Crippen molar-refractivity contribution in [2.45, 2.75) is 6.92 Å². The van der Waals surface area contributed by atoms with Gasteiger partial charge in [0.25, 0.3) is 11.8 Å². The summed E-state index contributed by atoms with van der Waals surface area (Å²) in [5.41, 5.74) is 8.00. The zero-order chi connectivity index (χ0) is 22.0. The standard InChI is InChI=1S/C21H16N6O3S/c1-12-9-17(25-20(28)16-3-2-8-30-16)31-18(12)21(29)24-14-4-6-15(7-5-14)27-11-13(10-22)19(23)26-27/h2-9,11H,1H3,(H2,23,26)(H,24,29)(H,25,28). The van der Waals surface area contributed by atoms with Gasteiger partial charge in [0.1, 0.15) is 11.6 Å². The number of aromatic nitrogens is 2. The maximum Gasteiger partial charge on any atom is 0.291 e. The van der Waals surface area contributed by atoms with E-state index in [9.17, 15) is 9.59 Å². The highest BCUT2D eigenvalue weighted by Crippen LogP contribution is 2.28. The quantitative estimate of drug-likeness (QED) is 0.438. The summed E-state index contributed by atoms with van der Waals surface area (Å²) in [4.78, 5) is 25.3. The number of furan rings is 1. The summed E-state index contributed by atoms with van der Waals surface area (Å²) in [5.74, 6) is -0.322. The number of thiophene rings is 1. The van der Waals surface area contributed by atoms with Gasteiger partial charge in [0.2, 0.25) is 0 Å². The molecule has 9 nitrogen and oxygen atoms in total. The minimum Gasteiger partial charge on any atom is -0.459 e. The Balaban J connectivity index is 1.45. The van der Waals surface area contributed by atoms with E-state index in [-0.39, 0.29) is 23.4 Å². The van der Waals surface area contributed by atoms with Crippen LogP contribution in [0.4, 0.5) is 16.5 Å². The second kappa shape index (κ2) is 8.17. The van der Waals surface area contributed by atoms with Crippen molar-refractivity contribution in [1.82, 2.24) is 9.78 Å². The molecule has 3 aromatic heterocycles. The molecule has 0 aliphatic heterocycles. The molecule has 0 radical (unpaired) electrons. The predicted molar refractivity (Wildman–Crippen MR) is 116 cm³/mol. The van der Waals surface area contributed by atoms with Gasteiger partial charge in [-0.25, -0.2) is 4.68 Å². The van der Waals surface area contributed by atoms with Crippen molar-refractivity contribution in [2.75, 3.05) is 16.4 Å². The first-order chi connectivity index (χ1) is 14.9. The normalized spacial score (nSPS) is 10.5. The molecule has 0 aliphatic carbocycles. The monoisotopic (exact) mass is 432 g/mol. The molecule has 0 unspecified atom stereocenters. The third-order valence-electron chi connectivity index (χ3n) is 4.36. The van der Waals surface area contributed by atoms with E-state index in [1.54, 1.807) is 49.4 Å². The fourth-order valence-corrected chi connectivity index (χ4v) is 3.80. The van der Waals surface area contributed by atoms with Crippen LogP contribution in [-0.2, 0) is 0 Å². The Morgan fingerprint density at radius 1 is 1.19 bits per heavy atom. The Labute approximate surface area is 180 Å². The number of carbonyl (C=O) groups is 2. The van der Waals surface area contributed by atoms with Crippen molar-refractivity contribution in [3.05, 3.63) is 76.7 Å². The van der Waals surface area contributed by atoms with Crippen LogP contribution in [-0.4, -0.2) is 21.6 Å². The summed E-state index contributed by atoms with van der Waals surface area (Å²) in [7, 11) is 0. The van der Waals surface area contributed by atoms with E-state index >= 15 is 0 Å². The van der Waals surface area contributed by atoms with Gasteiger partial charge >= 0.3 is 0 Å². The molecule has 31 heavy (non-hydrogen) atoms. The molecule has 0 fully saturated rings. The van der Waals surface area contributed by atoms with Crippen LogP contribution in [0.25, 0.3) is 5.69 Å². The first-order valence-corrected chi connectivity index (χ1v) is 9.88. The molecule has 0 saturated carbocycles. The number of amides is 2. The molecule has 0 spiro atoms. The minimum atomic E-state index is -0.382. The number of anilines is 3. The lowest BCUT2D eigenvalue weighted by Crippen LogP contribution is -2.11. The van der Waals surface area contributed by atoms with Crippen LogP contribution in [0.2, 0.25) is 0 Å². The fourth-order valence-electron chi connectivity index (χ4n) is 2.84. The number of nitrogens with one attached hydrogen (secondary N) is 2. The molecule has 154 valence electrons. The third-order valence-corrected chi connectivity index (χ3v) is 5.51. The summed E-state index contributed by atoms with van der Waals surface area (Å²) in [6, 6.07) is 13.8. The van der Waals surface area contributed by atoms with E-state index in [2.05, 4.69) is 15.7 Å². The Morgan fingerprint density at radius 3 is 2.61 bits per heavy atom. The Kier molecular flexibility index (Phi) is 5.26. The topological polar surface area (TPSA) is 139 Å². The molecule has 4 rings (SSSR count). The molecule has 0 saturated heterocycles. The molecule has 4 aromatic rings. The number of nitrogens with two attached hydrogens (primary N) is 1. The largest absolute Gasteiger partial charge is 0.459 e. The molecule has 3 heterocycles. The summed E-state index contributed by atoms with van der Waals surface area (Å²) in [5, 5.41) is 19.2. The lowest BCUT2D eigenvalue weighted by atomic mass is 10.2. The number of carbonyl (C=O) groups excluding carboxylic acids is 2. The number of aryl methyl sites for hydroxylation is 1. The van der Waals surface area contributed by atoms with Crippen molar-refractivity contribution < 1.29 is 14.0 Å². The number of nitrogen functional groups attached to an aromatic ring is 1. The van der Waals surface area contributed by atoms with Crippen LogP contribution in [0.1, 0.15) is 31.4 Å². The summed E-state index contributed by atoms with van der Waals surface area (Å²) in [6.07, 6.45) is 2.96. The number of benzene rings is 1. The van der Waals surface area contributed by atoms with Gasteiger partial charge in [-0.05, 0) is 55.0 Å². The van der Waals surface area contributed by atoms with Gasteiger partial charge in [0, 0.05) is 5.69 Å². The van der Waals surface area contributed by atoms with Gasteiger partial charge in [-0.15, -0.1) is 16.4 Å². The number of rotatable bonds is 5. The van der Waals surface area contributed by atoms with E-state index in [1.807, 2.05) is 6.07 Å². The highest BCUT2D eigenvalue weighted by atomic mass is 32.1. The maximum absolute atomic E-state index is 12.7. The Morgan fingerprint density at radius 2 is 1.97 bits per heavy atom. The summed E-state index contributed by atoms with van der Waals surface area (Å²) in [6.45, 7) is 1.80. The van der Waals surface area contributed by atoms with Gasteiger partial charge in [0.05, 0.1) is 28.0 Å². The number of hydrogen-bond donors (Lipinski definition) is 3. The molecule has 2 amide bonds. The van der Waals surface area contributed by atoms with Crippen LogP contribution in [0.5, 0.6) is 0 Å². The van der Waals surface area contributed by atoms with Crippen LogP contribution >= 0.6 is 11.3 Å². The van der Waals surface area contributed by atoms with Crippen molar-refractivity contribution in [1.29, 1.82) is 5.26 Å². The molecular formula is C21H16N6O3S. The Bertz CT molecular complexity index is 1300. The van der Waals surface area contributed by atoms with E-state index < -0.39 is 0 Å². The zero-order valence-electron chi connectivity index (χ0n) is 16.2. The molecule has 10 heteroatoms. The van der Waals surface area contributed by atoms with Crippen molar-refractivity contribution in [3.63, 3.8) is 0 Å². The Hall–Kier alpha value is -4.36. The van der Waals surface area contributed by atoms with Crippen LogP contribution in [0.3, 0.4) is 0 Å². The van der Waals surface area contributed by atoms with Gasteiger partial charge in [0.15, 0.2) is 11.6 Å². The number of nitriles is 1. The second-order valence-electron chi connectivity index (χ2n) is 6.54. The highest BCUT2D eigenvalue weighted by molar-refractivity contribution is 7.18. The van der Waals surface area contributed by atoms with Gasteiger partial charge in [-0.1, -0.05) is 0 Å². The first-order valence-electron chi connectivity index (χ1n) is 9.07. The van der Waals surface area contributed by atoms with Gasteiger partial charge in [-0.2, -0.15) is 5.26 Å². The van der Waals surface area contributed by atoms with E-state index in [1.165, 1.54) is 28.5 Å².